The molecule has 1 heterocycles. The van der Waals surface area contributed by atoms with E-state index in [2.05, 4.69) is 4.72 Å². The van der Waals surface area contributed by atoms with Gasteiger partial charge in [0.25, 0.3) is 11.8 Å². The van der Waals surface area contributed by atoms with Crippen molar-refractivity contribution in [2.45, 2.75) is 68.8 Å². The molecule has 8 heteroatoms. The third-order valence-electron chi connectivity index (χ3n) is 7.01. The third-order valence-corrected chi connectivity index (χ3v) is 8.53. The highest BCUT2D eigenvalue weighted by Gasteiger charge is 2.31. The lowest BCUT2D eigenvalue weighted by Crippen LogP contribution is -2.49. The number of rotatable bonds is 8. The molecule has 1 aliphatic carbocycles. The molecule has 4 rings (SSSR count). The normalized spacial score (nSPS) is 17.5. The average molecular weight is 498 g/mol. The van der Waals surface area contributed by atoms with E-state index in [0.29, 0.717) is 43.6 Å². The Morgan fingerprint density at radius 2 is 1.60 bits per heavy atom. The Bertz CT molecular complexity index is 1120. The molecule has 35 heavy (non-hydrogen) atoms. The van der Waals surface area contributed by atoms with Gasteiger partial charge in [-0.25, -0.2) is 13.1 Å². The molecule has 2 aliphatic rings. The van der Waals surface area contributed by atoms with Crippen molar-refractivity contribution in [2.24, 2.45) is 0 Å². The van der Waals surface area contributed by atoms with Gasteiger partial charge in [-0.15, -0.1) is 0 Å². The van der Waals surface area contributed by atoms with Gasteiger partial charge in [0.1, 0.15) is 0 Å². The van der Waals surface area contributed by atoms with Crippen LogP contribution >= 0.6 is 0 Å². The van der Waals surface area contributed by atoms with Gasteiger partial charge in [-0.3, -0.25) is 9.59 Å². The van der Waals surface area contributed by atoms with E-state index in [1.54, 1.807) is 18.2 Å². The molecule has 1 saturated heterocycles. The van der Waals surface area contributed by atoms with Crippen LogP contribution in [-0.4, -0.2) is 61.7 Å². The molecular formula is C27H35N3O4S. The Morgan fingerprint density at radius 3 is 2.26 bits per heavy atom. The predicted octanol–water partition coefficient (Wildman–Crippen LogP) is 4.06. The van der Waals surface area contributed by atoms with Crippen molar-refractivity contribution < 1.29 is 18.0 Å². The number of amides is 2. The molecule has 2 aromatic carbocycles. The zero-order valence-electron chi connectivity index (χ0n) is 20.4. The predicted molar refractivity (Wildman–Crippen MR) is 136 cm³/mol. The van der Waals surface area contributed by atoms with Crippen LogP contribution in [0.15, 0.2) is 59.5 Å². The first-order chi connectivity index (χ1) is 16.9. The Morgan fingerprint density at radius 1 is 0.943 bits per heavy atom. The van der Waals surface area contributed by atoms with Crippen LogP contribution in [0.4, 0.5) is 0 Å². The maximum absolute atomic E-state index is 13.5. The van der Waals surface area contributed by atoms with E-state index in [9.17, 15) is 18.0 Å². The van der Waals surface area contributed by atoms with Crippen molar-refractivity contribution in [1.29, 1.82) is 0 Å². The molecule has 2 amide bonds. The summed E-state index contributed by atoms with van der Waals surface area (Å²) in [6.07, 6.45) is 5.98. The lowest BCUT2D eigenvalue weighted by molar-refractivity contribution is 0.0519. The van der Waals surface area contributed by atoms with Gasteiger partial charge in [-0.1, -0.05) is 44.0 Å². The second-order valence-electron chi connectivity index (χ2n) is 9.52. The van der Waals surface area contributed by atoms with E-state index in [1.165, 1.54) is 6.07 Å². The number of nitrogens with zero attached hydrogens (tertiary/aromatic N) is 2. The van der Waals surface area contributed by atoms with E-state index >= 15 is 0 Å². The van der Waals surface area contributed by atoms with Gasteiger partial charge >= 0.3 is 0 Å². The van der Waals surface area contributed by atoms with Gasteiger partial charge in [0.2, 0.25) is 10.0 Å². The summed E-state index contributed by atoms with van der Waals surface area (Å²) in [5, 5.41) is 0. The molecule has 0 unspecified atom stereocenters. The van der Waals surface area contributed by atoms with E-state index in [1.807, 2.05) is 47.1 Å². The quantitative estimate of drug-likeness (QED) is 0.596. The third kappa shape index (κ3) is 6.11. The van der Waals surface area contributed by atoms with Crippen LogP contribution in [0.5, 0.6) is 0 Å². The fraction of sp³-hybridized carbons (Fsp3) is 0.481. The zero-order chi connectivity index (χ0) is 24.8. The largest absolute Gasteiger partial charge is 0.338 e. The summed E-state index contributed by atoms with van der Waals surface area (Å²) in [5.41, 5.74) is 1.06. The number of sulfonamides is 1. The summed E-state index contributed by atoms with van der Waals surface area (Å²) < 4.78 is 28.6. The molecule has 188 valence electrons. The van der Waals surface area contributed by atoms with E-state index in [0.717, 1.165) is 32.1 Å². The number of benzene rings is 2. The second kappa shape index (κ2) is 11.4. The van der Waals surface area contributed by atoms with Crippen molar-refractivity contribution in [1.82, 2.24) is 14.5 Å². The maximum Gasteiger partial charge on any atom is 0.254 e. The monoisotopic (exact) mass is 497 g/mol. The van der Waals surface area contributed by atoms with Gasteiger partial charge in [0.15, 0.2) is 0 Å². The van der Waals surface area contributed by atoms with Gasteiger partial charge in [-0.05, 0) is 62.4 Å². The van der Waals surface area contributed by atoms with E-state index in [-0.39, 0.29) is 28.8 Å². The average Bonchev–Trinajstić information content (AvgIpc) is 3.39. The summed E-state index contributed by atoms with van der Waals surface area (Å²) in [7, 11) is -3.67. The van der Waals surface area contributed by atoms with Crippen LogP contribution < -0.4 is 4.72 Å². The smallest absolute Gasteiger partial charge is 0.254 e. The molecule has 1 aliphatic heterocycles. The molecule has 1 N–H and O–H groups in total. The summed E-state index contributed by atoms with van der Waals surface area (Å²) in [5.74, 6) is -0.136. The van der Waals surface area contributed by atoms with Crippen LogP contribution in [0.2, 0.25) is 0 Å². The molecule has 0 bridgehead atoms. The number of piperidine rings is 1. The van der Waals surface area contributed by atoms with Crippen LogP contribution in [0, 0.1) is 0 Å². The SMILES string of the molecule is CCCN(C(=O)c1cccc(S(=O)(=O)NC2CCCC2)c1)C1CCN(C(=O)c2ccccc2)CC1. The molecule has 1 saturated carbocycles. The molecule has 0 atom stereocenters. The molecule has 7 nitrogen and oxygen atoms in total. The summed E-state index contributed by atoms with van der Waals surface area (Å²) in [6.45, 7) is 3.80. The Balaban J connectivity index is 1.44. The van der Waals surface area contributed by atoms with Crippen molar-refractivity contribution in [3.63, 3.8) is 0 Å². The van der Waals surface area contributed by atoms with E-state index < -0.39 is 10.0 Å². The number of hydrogen-bond acceptors (Lipinski definition) is 4. The molecule has 0 aromatic heterocycles. The number of hydrogen-bond donors (Lipinski definition) is 1. The number of nitrogens with one attached hydrogen (secondary N) is 1. The lowest BCUT2D eigenvalue weighted by Gasteiger charge is -2.38. The highest BCUT2D eigenvalue weighted by Crippen LogP contribution is 2.24. The summed E-state index contributed by atoms with van der Waals surface area (Å²) >= 11 is 0. The van der Waals surface area contributed by atoms with Crippen molar-refractivity contribution in [3.05, 3.63) is 65.7 Å². The fourth-order valence-electron chi connectivity index (χ4n) is 5.13. The van der Waals surface area contributed by atoms with Gasteiger partial charge in [-0.2, -0.15) is 0 Å². The van der Waals surface area contributed by atoms with Crippen LogP contribution in [0.1, 0.15) is 72.6 Å². The first-order valence-corrected chi connectivity index (χ1v) is 14.1. The van der Waals surface area contributed by atoms with Crippen molar-refractivity contribution in [2.75, 3.05) is 19.6 Å². The number of likely N-dealkylation sites (tertiary alicyclic amines) is 1. The van der Waals surface area contributed by atoms with Gasteiger partial charge < -0.3 is 9.80 Å². The second-order valence-corrected chi connectivity index (χ2v) is 11.2. The minimum Gasteiger partial charge on any atom is -0.338 e. The summed E-state index contributed by atoms with van der Waals surface area (Å²) in [6, 6.07) is 15.6. The first kappa shape index (κ1) is 25.4. The Hall–Kier alpha value is -2.71. The minimum absolute atomic E-state index is 0.0131. The molecule has 0 radical (unpaired) electrons. The highest BCUT2D eigenvalue weighted by molar-refractivity contribution is 7.89. The standard InChI is InChI=1S/C27H35N3O4S/c1-2-17-30(24-15-18-29(19-16-24)26(31)21-9-4-3-5-10-21)27(32)22-11-8-14-25(20-22)35(33,34)28-23-12-6-7-13-23/h3-5,8-11,14,20,23-24,28H,2,6-7,12-13,15-19H2,1H3. The summed E-state index contributed by atoms with van der Waals surface area (Å²) in [4.78, 5) is 30.2. The molecule has 2 fully saturated rings. The number of carbonyl (C=O) groups excluding carboxylic acids is 2. The van der Waals surface area contributed by atoms with Gasteiger partial charge in [0.05, 0.1) is 4.90 Å². The Labute approximate surface area is 208 Å². The van der Waals surface area contributed by atoms with E-state index in [4.69, 9.17) is 0 Å². The molecule has 0 spiro atoms. The van der Waals surface area contributed by atoms with Crippen LogP contribution in [0.3, 0.4) is 0 Å². The van der Waals surface area contributed by atoms with Crippen LogP contribution in [-0.2, 0) is 10.0 Å². The topological polar surface area (TPSA) is 86.8 Å². The lowest BCUT2D eigenvalue weighted by atomic mass is 10.0. The molecular weight excluding hydrogens is 462 g/mol. The molecule has 2 aromatic rings. The fourth-order valence-corrected chi connectivity index (χ4v) is 6.48. The first-order valence-electron chi connectivity index (χ1n) is 12.7. The van der Waals surface area contributed by atoms with Crippen LogP contribution in [0.25, 0.3) is 0 Å². The zero-order valence-corrected chi connectivity index (χ0v) is 21.2. The Kier molecular flexibility index (Phi) is 8.23. The maximum atomic E-state index is 13.5. The van der Waals surface area contributed by atoms with Crippen molar-refractivity contribution >= 4 is 21.8 Å². The minimum atomic E-state index is -3.67. The van der Waals surface area contributed by atoms with Gasteiger partial charge in [0, 0.05) is 42.8 Å². The number of carbonyl (C=O) groups is 2. The highest BCUT2D eigenvalue weighted by atomic mass is 32.2. The van der Waals surface area contributed by atoms with Crippen molar-refractivity contribution in [3.8, 4) is 0 Å².